The molecule has 1 heterocycles. The van der Waals surface area contributed by atoms with Gasteiger partial charge in [-0.25, -0.2) is 0 Å². The molecule has 1 aromatic carbocycles. The largest absolute Gasteiger partial charge is 0.290 e. The fourth-order valence-corrected chi connectivity index (χ4v) is 1.88. The average molecular weight is 231 g/mol. The summed E-state index contributed by atoms with van der Waals surface area (Å²) in [6, 6.07) is 9.74. The highest BCUT2D eigenvalue weighted by Gasteiger charge is 2.24. The van der Waals surface area contributed by atoms with Crippen molar-refractivity contribution in [2.75, 3.05) is 0 Å². The van der Waals surface area contributed by atoms with Crippen molar-refractivity contribution in [2.24, 2.45) is 0 Å². The zero-order valence-electron chi connectivity index (χ0n) is 8.34. The van der Waals surface area contributed by atoms with E-state index < -0.39 is 0 Å². The summed E-state index contributed by atoms with van der Waals surface area (Å²) >= 11 is 0.919. The van der Waals surface area contributed by atoms with Gasteiger partial charge in [0, 0.05) is 0 Å². The molecule has 0 aromatic heterocycles. The van der Waals surface area contributed by atoms with Crippen molar-refractivity contribution < 1.29 is 9.59 Å². The number of nitrogens with one attached hydrogen (secondary N) is 1. The van der Waals surface area contributed by atoms with Gasteiger partial charge in [0.15, 0.2) is 0 Å². The summed E-state index contributed by atoms with van der Waals surface area (Å²) in [5.74, 6) is -0.326. The summed E-state index contributed by atoms with van der Waals surface area (Å²) in [6.45, 7) is 0. The Hall–Kier alpha value is -1.81. The molecule has 1 aliphatic heterocycles. The van der Waals surface area contributed by atoms with Crippen LogP contribution in [0, 0.1) is 0 Å². The fourth-order valence-electron chi connectivity index (χ4n) is 1.25. The highest BCUT2D eigenvalue weighted by Crippen LogP contribution is 2.22. The number of thioether (sulfide) groups is 1. The monoisotopic (exact) mass is 231 g/mol. The van der Waals surface area contributed by atoms with E-state index in [0.29, 0.717) is 4.91 Å². The van der Waals surface area contributed by atoms with Gasteiger partial charge in [-0.2, -0.15) is 0 Å². The summed E-state index contributed by atoms with van der Waals surface area (Å²) in [4.78, 5) is 22.5. The van der Waals surface area contributed by atoms with Crippen LogP contribution >= 0.6 is 11.8 Å². The van der Waals surface area contributed by atoms with Crippen LogP contribution in [0.2, 0.25) is 0 Å². The van der Waals surface area contributed by atoms with Gasteiger partial charge in [-0.1, -0.05) is 42.5 Å². The Morgan fingerprint density at radius 3 is 2.50 bits per heavy atom. The Morgan fingerprint density at radius 2 is 1.88 bits per heavy atom. The molecule has 1 saturated heterocycles. The van der Waals surface area contributed by atoms with Crippen molar-refractivity contribution in [2.45, 2.75) is 0 Å². The van der Waals surface area contributed by atoms with E-state index >= 15 is 0 Å². The quantitative estimate of drug-likeness (QED) is 0.796. The first-order valence-corrected chi connectivity index (χ1v) is 5.54. The molecule has 1 N–H and O–H groups in total. The zero-order valence-corrected chi connectivity index (χ0v) is 9.16. The lowest BCUT2D eigenvalue weighted by molar-refractivity contribution is -0.115. The van der Waals surface area contributed by atoms with Gasteiger partial charge in [0.1, 0.15) is 0 Å². The van der Waals surface area contributed by atoms with Crippen LogP contribution in [-0.4, -0.2) is 11.1 Å². The van der Waals surface area contributed by atoms with E-state index in [4.69, 9.17) is 0 Å². The predicted molar refractivity (Wildman–Crippen MR) is 64.7 cm³/mol. The minimum atomic E-state index is -0.326. The third-order valence-corrected chi connectivity index (χ3v) is 2.81. The molecule has 0 radical (unpaired) electrons. The standard InChI is InChI=1S/C12H9NO2S/c14-11-10(16-12(15)13-11)8-4-7-9-5-2-1-3-6-9/h1-8H,(H,13,14,15)/b7-4?,10-8-. The number of hydrogen-bond acceptors (Lipinski definition) is 3. The SMILES string of the molecule is O=C1NC(=O)/C(=C/C=Cc2ccccc2)S1. The number of hydrogen-bond donors (Lipinski definition) is 1. The fraction of sp³-hybridized carbons (Fsp3) is 0. The number of amides is 2. The van der Waals surface area contributed by atoms with Crippen LogP contribution in [0.25, 0.3) is 6.08 Å². The van der Waals surface area contributed by atoms with E-state index in [1.54, 1.807) is 12.2 Å². The summed E-state index contributed by atoms with van der Waals surface area (Å²) in [6.07, 6.45) is 5.28. The Balaban J connectivity index is 2.07. The van der Waals surface area contributed by atoms with Gasteiger partial charge in [0.05, 0.1) is 4.91 Å². The lowest BCUT2D eigenvalue weighted by atomic mass is 10.2. The molecule has 0 atom stereocenters. The molecule has 1 fully saturated rings. The summed E-state index contributed by atoms with van der Waals surface area (Å²) < 4.78 is 0. The van der Waals surface area contributed by atoms with Gasteiger partial charge in [-0.3, -0.25) is 14.9 Å². The number of imide groups is 1. The Labute approximate surface area is 97.2 Å². The number of allylic oxidation sites excluding steroid dienone is 2. The average Bonchev–Trinajstić information content (AvgIpc) is 2.59. The molecule has 4 heteroatoms. The van der Waals surface area contributed by atoms with Gasteiger partial charge in [0.2, 0.25) is 0 Å². The van der Waals surface area contributed by atoms with Crippen molar-refractivity contribution in [1.29, 1.82) is 0 Å². The highest BCUT2D eigenvalue weighted by molar-refractivity contribution is 8.18. The van der Waals surface area contributed by atoms with E-state index in [9.17, 15) is 9.59 Å². The van der Waals surface area contributed by atoms with Gasteiger partial charge < -0.3 is 0 Å². The zero-order chi connectivity index (χ0) is 11.4. The summed E-state index contributed by atoms with van der Waals surface area (Å²) in [7, 11) is 0. The third kappa shape index (κ3) is 2.61. The van der Waals surface area contributed by atoms with E-state index in [-0.39, 0.29) is 11.1 Å². The normalized spacial score (nSPS) is 18.4. The van der Waals surface area contributed by atoms with Crippen molar-refractivity contribution in [3.63, 3.8) is 0 Å². The highest BCUT2D eigenvalue weighted by atomic mass is 32.2. The molecule has 1 aromatic rings. The molecule has 0 bridgehead atoms. The first-order valence-electron chi connectivity index (χ1n) is 4.72. The van der Waals surface area contributed by atoms with E-state index in [1.807, 2.05) is 36.4 Å². The maximum Gasteiger partial charge on any atom is 0.290 e. The maximum atomic E-state index is 11.2. The molecule has 0 aliphatic carbocycles. The number of rotatable bonds is 2. The topological polar surface area (TPSA) is 46.2 Å². The molecule has 3 nitrogen and oxygen atoms in total. The molecule has 1 aliphatic rings. The van der Waals surface area contributed by atoms with Crippen LogP contribution in [0.1, 0.15) is 5.56 Å². The second kappa shape index (κ2) is 4.81. The predicted octanol–water partition coefficient (Wildman–Crippen LogP) is 2.57. The van der Waals surface area contributed by atoms with Crippen molar-refractivity contribution in [3.8, 4) is 0 Å². The first-order chi connectivity index (χ1) is 7.75. The van der Waals surface area contributed by atoms with E-state index in [2.05, 4.69) is 5.32 Å². The van der Waals surface area contributed by atoms with Crippen molar-refractivity contribution in [3.05, 3.63) is 53.0 Å². The summed E-state index contributed by atoms with van der Waals surface area (Å²) in [5, 5.41) is 1.88. The second-order valence-corrected chi connectivity index (χ2v) is 4.16. The van der Waals surface area contributed by atoms with Crippen LogP contribution in [0.15, 0.2) is 47.4 Å². The minimum Gasteiger partial charge on any atom is -0.282 e. The molecule has 2 amide bonds. The number of benzene rings is 1. The second-order valence-electron chi connectivity index (χ2n) is 3.14. The van der Waals surface area contributed by atoms with Crippen molar-refractivity contribution in [1.82, 2.24) is 5.32 Å². The third-order valence-electron chi connectivity index (χ3n) is 1.98. The molecular formula is C12H9NO2S. The Kier molecular flexibility index (Phi) is 3.22. The van der Waals surface area contributed by atoms with Gasteiger partial charge in [-0.05, 0) is 23.4 Å². The molecule has 0 unspecified atom stereocenters. The van der Waals surface area contributed by atoms with Crippen LogP contribution in [0.5, 0.6) is 0 Å². The van der Waals surface area contributed by atoms with Gasteiger partial charge in [-0.15, -0.1) is 0 Å². The Bertz CT molecular complexity index is 477. The number of carbonyl (C=O) groups excluding carboxylic acids is 2. The lowest BCUT2D eigenvalue weighted by Gasteiger charge is -1.89. The molecule has 16 heavy (non-hydrogen) atoms. The van der Waals surface area contributed by atoms with E-state index in [1.165, 1.54) is 0 Å². The molecule has 0 saturated carbocycles. The van der Waals surface area contributed by atoms with Gasteiger partial charge >= 0.3 is 0 Å². The minimum absolute atomic E-state index is 0.315. The van der Waals surface area contributed by atoms with E-state index in [0.717, 1.165) is 17.3 Å². The molecule has 80 valence electrons. The van der Waals surface area contributed by atoms with Crippen LogP contribution in [-0.2, 0) is 4.79 Å². The maximum absolute atomic E-state index is 11.2. The molecule has 2 rings (SSSR count). The number of carbonyl (C=O) groups is 2. The molecular weight excluding hydrogens is 222 g/mol. The van der Waals surface area contributed by atoms with Crippen LogP contribution in [0.4, 0.5) is 4.79 Å². The van der Waals surface area contributed by atoms with Crippen molar-refractivity contribution >= 4 is 29.0 Å². The van der Waals surface area contributed by atoms with Crippen LogP contribution < -0.4 is 5.32 Å². The van der Waals surface area contributed by atoms with Gasteiger partial charge in [0.25, 0.3) is 11.1 Å². The first kappa shape index (κ1) is 10.7. The summed E-state index contributed by atoms with van der Waals surface area (Å²) in [5.41, 5.74) is 1.05. The van der Waals surface area contributed by atoms with Crippen LogP contribution in [0.3, 0.4) is 0 Å². The lowest BCUT2D eigenvalue weighted by Crippen LogP contribution is -2.17. The smallest absolute Gasteiger partial charge is 0.282 e. The molecule has 0 spiro atoms. The Morgan fingerprint density at radius 1 is 1.12 bits per heavy atom.